The highest BCUT2D eigenvalue weighted by Crippen LogP contribution is 2.12. The first-order valence-electron chi connectivity index (χ1n) is 7.61. The molecular formula is C18H17N3O3S. The zero-order valence-corrected chi connectivity index (χ0v) is 14.4. The van der Waals surface area contributed by atoms with E-state index in [0.29, 0.717) is 12.1 Å². The van der Waals surface area contributed by atoms with E-state index in [1.165, 1.54) is 12.1 Å². The molecule has 1 heterocycles. The summed E-state index contributed by atoms with van der Waals surface area (Å²) in [4.78, 5) is 12.4. The van der Waals surface area contributed by atoms with E-state index in [2.05, 4.69) is 10.4 Å². The van der Waals surface area contributed by atoms with Crippen LogP contribution in [0.2, 0.25) is 0 Å². The van der Waals surface area contributed by atoms with Crippen molar-refractivity contribution in [2.24, 2.45) is 0 Å². The van der Waals surface area contributed by atoms with Crippen LogP contribution in [0.4, 0.5) is 0 Å². The van der Waals surface area contributed by atoms with Crippen LogP contribution in [-0.4, -0.2) is 30.4 Å². The predicted molar refractivity (Wildman–Crippen MR) is 94.3 cm³/mol. The molecule has 128 valence electrons. The van der Waals surface area contributed by atoms with E-state index in [4.69, 9.17) is 0 Å². The Bertz CT molecular complexity index is 979. The van der Waals surface area contributed by atoms with Crippen LogP contribution in [0.25, 0.3) is 5.69 Å². The first kappa shape index (κ1) is 16.9. The Balaban J connectivity index is 1.66. The lowest BCUT2D eigenvalue weighted by atomic mass is 10.2. The molecule has 3 aromatic rings. The summed E-state index contributed by atoms with van der Waals surface area (Å²) in [5.74, 6) is -0.318. The van der Waals surface area contributed by atoms with Crippen LogP contribution in [0.15, 0.2) is 71.9 Å². The van der Waals surface area contributed by atoms with Gasteiger partial charge in [-0.1, -0.05) is 18.2 Å². The van der Waals surface area contributed by atoms with E-state index in [1.807, 2.05) is 36.5 Å². The topological polar surface area (TPSA) is 81.1 Å². The molecular weight excluding hydrogens is 338 g/mol. The van der Waals surface area contributed by atoms with Crippen LogP contribution < -0.4 is 5.32 Å². The van der Waals surface area contributed by atoms with Crippen molar-refractivity contribution in [3.05, 3.63) is 78.1 Å². The molecule has 2 aromatic carbocycles. The van der Waals surface area contributed by atoms with Crippen molar-refractivity contribution >= 4 is 15.7 Å². The fourth-order valence-electron chi connectivity index (χ4n) is 2.34. The highest BCUT2D eigenvalue weighted by molar-refractivity contribution is 7.90. The average molecular weight is 355 g/mol. The summed E-state index contributed by atoms with van der Waals surface area (Å²) in [6.45, 7) is 0.349. The quantitative estimate of drug-likeness (QED) is 0.761. The van der Waals surface area contributed by atoms with Gasteiger partial charge in [-0.25, -0.2) is 13.1 Å². The number of nitrogens with one attached hydrogen (secondary N) is 1. The minimum absolute atomic E-state index is 0.128. The van der Waals surface area contributed by atoms with Gasteiger partial charge in [0.05, 0.1) is 10.6 Å². The van der Waals surface area contributed by atoms with Crippen LogP contribution in [-0.2, 0) is 16.4 Å². The van der Waals surface area contributed by atoms with Gasteiger partial charge in [-0.15, -0.1) is 0 Å². The predicted octanol–water partition coefficient (Wildman–Crippen LogP) is 2.21. The third-order valence-electron chi connectivity index (χ3n) is 3.68. The van der Waals surface area contributed by atoms with Crippen LogP contribution in [0.5, 0.6) is 0 Å². The summed E-state index contributed by atoms with van der Waals surface area (Å²) in [6, 6.07) is 15.5. The van der Waals surface area contributed by atoms with Crippen LogP contribution in [0.3, 0.4) is 0 Å². The number of nitrogens with zero attached hydrogens (tertiary/aromatic N) is 2. The lowest BCUT2D eigenvalue weighted by molar-refractivity contribution is 0.0950. The highest BCUT2D eigenvalue weighted by atomic mass is 32.2. The molecule has 0 fully saturated rings. The molecule has 6 nitrogen and oxygen atoms in total. The summed E-state index contributed by atoms with van der Waals surface area (Å²) in [5.41, 5.74) is 2.18. The maximum absolute atomic E-state index is 12.2. The number of carbonyl (C=O) groups excluding carboxylic acids is 1. The first-order chi connectivity index (χ1) is 11.9. The fourth-order valence-corrected chi connectivity index (χ4v) is 3.01. The lowest BCUT2D eigenvalue weighted by Gasteiger charge is -2.08. The summed E-state index contributed by atoms with van der Waals surface area (Å²) in [7, 11) is -3.34. The number of amides is 1. The Morgan fingerprint density at radius 1 is 1.12 bits per heavy atom. The molecule has 7 heteroatoms. The monoisotopic (exact) mass is 355 g/mol. The van der Waals surface area contributed by atoms with E-state index in [1.54, 1.807) is 23.0 Å². The molecule has 0 bridgehead atoms. The third-order valence-corrected chi connectivity index (χ3v) is 4.79. The minimum Gasteiger partial charge on any atom is -0.348 e. The number of rotatable bonds is 5. The molecule has 0 saturated carbocycles. The summed E-state index contributed by atoms with van der Waals surface area (Å²) >= 11 is 0. The van der Waals surface area contributed by atoms with Gasteiger partial charge in [0.15, 0.2) is 9.84 Å². The van der Waals surface area contributed by atoms with Crippen molar-refractivity contribution in [2.75, 3.05) is 6.26 Å². The number of hydrogen-bond acceptors (Lipinski definition) is 4. The number of aromatic nitrogens is 2. The molecule has 0 aliphatic carbocycles. The maximum atomic E-state index is 12.2. The Hall–Kier alpha value is -2.93. The van der Waals surface area contributed by atoms with Crippen LogP contribution >= 0.6 is 0 Å². The maximum Gasteiger partial charge on any atom is 0.251 e. The molecule has 0 spiro atoms. The molecule has 0 unspecified atom stereocenters. The van der Waals surface area contributed by atoms with Crippen LogP contribution in [0, 0.1) is 0 Å². The lowest BCUT2D eigenvalue weighted by Crippen LogP contribution is -2.23. The van der Waals surface area contributed by atoms with Gasteiger partial charge < -0.3 is 5.32 Å². The SMILES string of the molecule is CS(=O)(=O)c1cccc(C(=O)NCc2ccc(-n3cccn3)cc2)c1. The highest BCUT2D eigenvalue weighted by Gasteiger charge is 2.11. The van der Waals surface area contributed by atoms with E-state index < -0.39 is 9.84 Å². The van der Waals surface area contributed by atoms with Gasteiger partial charge in [-0.05, 0) is 42.0 Å². The number of sulfone groups is 1. The zero-order chi connectivity index (χ0) is 17.9. The largest absolute Gasteiger partial charge is 0.348 e. The minimum atomic E-state index is -3.34. The molecule has 1 N–H and O–H groups in total. The molecule has 1 amide bonds. The van der Waals surface area contributed by atoms with Crippen molar-refractivity contribution in [2.45, 2.75) is 11.4 Å². The van der Waals surface area contributed by atoms with Crippen LogP contribution in [0.1, 0.15) is 15.9 Å². The van der Waals surface area contributed by atoms with Gasteiger partial charge in [0, 0.05) is 30.8 Å². The second-order valence-electron chi connectivity index (χ2n) is 5.60. The molecule has 0 radical (unpaired) electrons. The summed E-state index contributed by atoms with van der Waals surface area (Å²) in [5, 5.41) is 6.95. The summed E-state index contributed by atoms with van der Waals surface area (Å²) < 4.78 is 24.9. The Kier molecular flexibility index (Phi) is 4.67. The van der Waals surface area contributed by atoms with Gasteiger partial charge in [0.25, 0.3) is 5.91 Å². The van der Waals surface area contributed by atoms with Crippen molar-refractivity contribution in [3.8, 4) is 5.69 Å². The number of hydrogen-bond donors (Lipinski definition) is 1. The average Bonchev–Trinajstić information content (AvgIpc) is 3.14. The van der Waals surface area contributed by atoms with Gasteiger partial charge in [-0.2, -0.15) is 5.10 Å². The molecule has 0 atom stereocenters. The Morgan fingerprint density at radius 2 is 1.88 bits per heavy atom. The second kappa shape index (κ2) is 6.90. The second-order valence-corrected chi connectivity index (χ2v) is 7.62. The van der Waals surface area contributed by atoms with Crippen molar-refractivity contribution in [1.82, 2.24) is 15.1 Å². The van der Waals surface area contributed by atoms with Crippen molar-refractivity contribution in [3.63, 3.8) is 0 Å². The Morgan fingerprint density at radius 3 is 2.52 bits per heavy atom. The van der Waals surface area contributed by atoms with Crippen molar-refractivity contribution in [1.29, 1.82) is 0 Å². The smallest absolute Gasteiger partial charge is 0.251 e. The molecule has 1 aromatic heterocycles. The van der Waals surface area contributed by atoms with E-state index in [-0.39, 0.29) is 10.8 Å². The number of carbonyl (C=O) groups is 1. The summed E-state index contributed by atoms with van der Waals surface area (Å²) in [6.07, 6.45) is 4.68. The Labute approximate surface area is 146 Å². The van der Waals surface area contributed by atoms with E-state index in [9.17, 15) is 13.2 Å². The molecule has 0 saturated heterocycles. The number of benzene rings is 2. The van der Waals surface area contributed by atoms with Gasteiger partial charge >= 0.3 is 0 Å². The standard InChI is InChI=1S/C18H17N3O3S/c1-25(23,24)17-5-2-4-15(12-17)18(22)19-13-14-6-8-16(9-7-14)21-11-3-10-20-21/h2-12H,13H2,1H3,(H,19,22). The third kappa shape index (κ3) is 4.13. The molecule has 25 heavy (non-hydrogen) atoms. The molecule has 0 aliphatic rings. The fraction of sp³-hybridized carbons (Fsp3) is 0.111. The van der Waals surface area contributed by atoms with Gasteiger partial charge in [0.1, 0.15) is 0 Å². The first-order valence-corrected chi connectivity index (χ1v) is 9.50. The van der Waals surface area contributed by atoms with E-state index in [0.717, 1.165) is 17.5 Å². The molecule has 0 aliphatic heterocycles. The zero-order valence-electron chi connectivity index (χ0n) is 13.6. The van der Waals surface area contributed by atoms with Gasteiger partial charge in [0.2, 0.25) is 0 Å². The van der Waals surface area contributed by atoms with E-state index >= 15 is 0 Å². The molecule has 3 rings (SSSR count). The van der Waals surface area contributed by atoms with Crippen molar-refractivity contribution < 1.29 is 13.2 Å². The normalized spacial score (nSPS) is 11.2. The van der Waals surface area contributed by atoms with Gasteiger partial charge in [-0.3, -0.25) is 4.79 Å².